The van der Waals surface area contributed by atoms with Crippen molar-refractivity contribution in [3.63, 3.8) is 0 Å². The molecule has 0 atom stereocenters. The molecule has 7 heteroatoms. The van der Waals surface area contributed by atoms with Gasteiger partial charge in [-0.05, 0) is 55.7 Å². The van der Waals surface area contributed by atoms with Crippen LogP contribution in [0.5, 0.6) is 0 Å². The quantitative estimate of drug-likeness (QED) is 0.629. The molecule has 0 aliphatic carbocycles. The smallest absolute Gasteiger partial charge is 0.325 e. The predicted molar refractivity (Wildman–Crippen MR) is 107 cm³/mol. The Morgan fingerprint density at radius 2 is 1.82 bits per heavy atom. The van der Waals surface area contributed by atoms with Gasteiger partial charge in [-0.3, -0.25) is 9.59 Å². The minimum absolute atomic E-state index is 0.100. The zero-order valence-electron chi connectivity index (χ0n) is 16.2. The minimum atomic E-state index is -0.469. The summed E-state index contributed by atoms with van der Waals surface area (Å²) in [6, 6.07) is 8.32. The van der Waals surface area contributed by atoms with Crippen LogP contribution in [0.4, 0.5) is 4.39 Å². The lowest BCUT2D eigenvalue weighted by Gasteiger charge is -2.09. The van der Waals surface area contributed by atoms with Crippen LogP contribution >= 0.6 is 11.3 Å². The Kier molecular flexibility index (Phi) is 5.74. The molecule has 3 rings (SSSR count). The molecule has 0 spiro atoms. The van der Waals surface area contributed by atoms with E-state index in [2.05, 4.69) is 4.99 Å². The van der Waals surface area contributed by atoms with E-state index >= 15 is 0 Å². The van der Waals surface area contributed by atoms with Crippen LogP contribution in [-0.2, 0) is 27.3 Å². The van der Waals surface area contributed by atoms with Crippen LogP contribution in [-0.4, -0.2) is 23.6 Å². The number of amides is 1. The van der Waals surface area contributed by atoms with Gasteiger partial charge in [0.25, 0.3) is 5.91 Å². The second-order valence-electron chi connectivity index (χ2n) is 6.72. The molecule has 0 N–H and O–H groups in total. The average molecular weight is 400 g/mol. The number of carbonyl (C=O) groups excluding carboxylic acids is 2. The van der Waals surface area contributed by atoms with E-state index in [1.165, 1.54) is 30.6 Å². The molecule has 1 heterocycles. The molecular formula is C21H21FN2O3S. The first-order valence-electron chi connectivity index (χ1n) is 8.78. The summed E-state index contributed by atoms with van der Waals surface area (Å²) in [6.07, 6.45) is 0.165. The molecule has 1 aromatic heterocycles. The standard InChI is InChI=1S/C21H21FN2O3S/c1-12-7-13(2)16(14(3)8-12)10-19(25)23-21-24(11-20(26)27-4)17-6-5-15(22)9-18(17)28-21/h5-9H,10-11H2,1-4H3. The molecule has 0 fully saturated rings. The molecule has 5 nitrogen and oxygen atoms in total. The third-order valence-corrected chi connectivity index (χ3v) is 5.59. The molecule has 0 radical (unpaired) electrons. The van der Waals surface area contributed by atoms with Gasteiger partial charge in [-0.1, -0.05) is 29.0 Å². The van der Waals surface area contributed by atoms with Gasteiger partial charge in [-0.2, -0.15) is 4.99 Å². The van der Waals surface area contributed by atoms with E-state index < -0.39 is 5.97 Å². The lowest BCUT2D eigenvalue weighted by molar-refractivity contribution is -0.141. The highest BCUT2D eigenvalue weighted by molar-refractivity contribution is 7.16. The molecule has 3 aromatic rings. The fourth-order valence-electron chi connectivity index (χ4n) is 3.27. The number of halogens is 1. The SMILES string of the molecule is COC(=O)Cn1c(=NC(=O)Cc2c(C)cc(C)cc2C)sc2cc(F)ccc21. The van der Waals surface area contributed by atoms with Crippen LogP contribution in [0.15, 0.2) is 35.3 Å². The highest BCUT2D eigenvalue weighted by atomic mass is 32.1. The summed E-state index contributed by atoms with van der Waals surface area (Å²) in [6.45, 7) is 5.86. The van der Waals surface area contributed by atoms with Crippen molar-refractivity contribution in [2.75, 3.05) is 7.11 Å². The second kappa shape index (κ2) is 8.06. The van der Waals surface area contributed by atoms with Gasteiger partial charge in [0.05, 0.1) is 23.7 Å². The van der Waals surface area contributed by atoms with Crippen molar-refractivity contribution in [1.82, 2.24) is 4.57 Å². The number of carbonyl (C=O) groups is 2. The van der Waals surface area contributed by atoms with Crippen LogP contribution in [0.3, 0.4) is 0 Å². The number of methoxy groups -OCH3 is 1. The van der Waals surface area contributed by atoms with E-state index in [9.17, 15) is 14.0 Å². The normalized spacial score (nSPS) is 11.8. The molecule has 0 saturated heterocycles. The Morgan fingerprint density at radius 1 is 1.14 bits per heavy atom. The van der Waals surface area contributed by atoms with Gasteiger partial charge in [0.2, 0.25) is 0 Å². The number of thiazole rings is 1. The van der Waals surface area contributed by atoms with E-state index in [4.69, 9.17) is 4.74 Å². The number of esters is 1. The number of ether oxygens (including phenoxy) is 1. The van der Waals surface area contributed by atoms with E-state index in [0.29, 0.717) is 15.0 Å². The zero-order valence-corrected chi connectivity index (χ0v) is 17.0. The van der Waals surface area contributed by atoms with E-state index in [1.54, 1.807) is 10.6 Å². The van der Waals surface area contributed by atoms with Crippen molar-refractivity contribution in [2.45, 2.75) is 33.7 Å². The Labute approximate surface area is 166 Å². The maximum absolute atomic E-state index is 13.6. The van der Waals surface area contributed by atoms with Crippen LogP contribution in [0.1, 0.15) is 22.3 Å². The number of rotatable bonds is 4. The molecule has 1 amide bonds. The Morgan fingerprint density at radius 3 is 2.46 bits per heavy atom. The summed E-state index contributed by atoms with van der Waals surface area (Å²) < 4.78 is 20.5. The van der Waals surface area contributed by atoms with Gasteiger partial charge in [0, 0.05) is 0 Å². The monoisotopic (exact) mass is 400 g/mol. The van der Waals surface area contributed by atoms with Crippen molar-refractivity contribution < 1.29 is 18.7 Å². The van der Waals surface area contributed by atoms with Crippen LogP contribution in [0.2, 0.25) is 0 Å². The first kappa shape index (κ1) is 19.9. The lowest BCUT2D eigenvalue weighted by Crippen LogP contribution is -2.22. The first-order valence-corrected chi connectivity index (χ1v) is 9.60. The summed E-state index contributed by atoms with van der Waals surface area (Å²) in [5, 5.41) is 0. The summed E-state index contributed by atoms with van der Waals surface area (Å²) in [7, 11) is 1.29. The summed E-state index contributed by atoms with van der Waals surface area (Å²) in [5.41, 5.74) is 4.81. The average Bonchev–Trinajstić information content (AvgIpc) is 2.94. The van der Waals surface area contributed by atoms with Gasteiger partial charge in [-0.25, -0.2) is 4.39 Å². The molecular weight excluding hydrogens is 379 g/mol. The highest BCUT2D eigenvalue weighted by Crippen LogP contribution is 2.20. The van der Waals surface area contributed by atoms with Gasteiger partial charge < -0.3 is 9.30 Å². The van der Waals surface area contributed by atoms with Crippen LogP contribution < -0.4 is 4.80 Å². The molecule has 0 aliphatic rings. The summed E-state index contributed by atoms with van der Waals surface area (Å²) in [5.74, 6) is -1.17. The summed E-state index contributed by atoms with van der Waals surface area (Å²) in [4.78, 5) is 29.0. The third kappa shape index (κ3) is 4.20. The maximum Gasteiger partial charge on any atom is 0.325 e. The molecule has 2 aromatic carbocycles. The molecule has 0 bridgehead atoms. The van der Waals surface area contributed by atoms with Crippen molar-refractivity contribution >= 4 is 33.4 Å². The number of hydrogen-bond donors (Lipinski definition) is 0. The third-order valence-electron chi connectivity index (χ3n) is 4.55. The number of fused-ring (bicyclic) bond motifs is 1. The number of nitrogens with zero attached hydrogens (tertiary/aromatic N) is 2. The number of benzene rings is 2. The van der Waals surface area contributed by atoms with Crippen molar-refractivity contribution in [3.05, 3.63) is 63.2 Å². The topological polar surface area (TPSA) is 60.7 Å². The van der Waals surface area contributed by atoms with Gasteiger partial charge >= 0.3 is 5.97 Å². The van der Waals surface area contributed by atoms with Gasteiger partial charge in [0.15, 0.2) is 4.80 Å². The number of aromatic nitrogens is 1. The second-order valence-corrected chi connectivity index (χ2v) is 7.73. The van der Waals surface area contributed by atoms with Crippen molar-refractivity contribution in [2.24, 2.45) is 4.99 Å². The van der Waals surface area contributed by atoms with Crippen LogP contribution in [0, 0.1) is 26.6 Å². The van der Waals surface area contributed by atoms with Gasteiger partial charge in [0.1, 0.15) is 12.4 Å². The van der Waals surface area contributed by atoms with E-state index in [-0.39, 0.29) is 24.7 Å². The Bertz CT molecular complexity index is 1120. The molecule has 146 valence electrons. The van der Waals surface area contributed by atoms with Gasteiger partial charge in [-0.15, -0.1) is 0 Å². The van der Waals surface area contributed by atoms with Crippen molar-refractivity contribution in [3.8, 4) is 0 Å². The molecule has 28 heavy (non-hydrogen) atoms. The fourth-order valence-corrected chi connectivity index (χ4v) is 4.34. The van der Waals surface area contributed by atoms with Crippen molar-refractivity contribution in [1.29, 1.82) is 0 Å². The minimum Gasteiger partial charge on any atom is -0.468 e. The predicted octanol–water partition coefficient (Wildman–Crippen LogP) is 3.61. The molecule has 0 saturated carbocycles. The Balaban J connectivity index is 2.04. The molecule has 0 unspecified atom stereocenters. The first-order chi connectivity index (χ1) is 13.3. The fraction of sp³-hybridized carbons (Fsp3) is 0.286. The maximum atomic E-state index is 13.6. The number of aryl methyl sites for hydroxylation is 3. The number of hydrogen-bond acceptors (Lipinski definition) is 4. The lowest BCUT2D eigenvalue weighted by atomic mass is 9.97. The Hall–Kier alpha value is -2.80. The van der Waals surface area contributed by atoms with E-state index in [1.807, 2.05) is 32.9 Å². The zero-order chi connectivity index (χ0) is 20.4. The molecule has 0 aliphatic heterocycles. The largest absolute Gasteiger partial charge is 0.468 e. The highest BCUT2D eigenvalue weighted by Gasteiger charge is 2.14. The van der Waals surface area contributed by atoms with E-state index in [0.717, 1.165) is 22.3 Å². The summed E-state index contributed by atoms with van der Waals surface area (Å²) >= 11 is 1.17. The van der Waals surface area contributed by atoms with Crippen LogP contribution in [0.25, 0.3) is 10.2 Å².